The number of aromatic nitrogens is 2. The van der Waals surface area contributed by atoms with E-state index in [-0.39, 0.29) is 6.04 Å². The van der Waals surface area contributed by atoms with Gasteiger partial charge in [0, 0.05) is 23.1 Å². The van der Waals surface area contributed by atoms with Crippen LogP contribution in [0.15, 0.2) is 48.7 Å². The number of anilines is 1. The Balaban J connectivity index is 1.72. The molecular weight excluding hydrogens is 250 g/mol. The average Bonchev–Trinajstić information content (AvgIpc) is 2.97. The van der Waals surface area contributed by atoms with Crippen LogP contribution >= 0.6 is 0 Å². The first-order chi connectivity index (χ1) is 9.92. The van der Waals surface area contributed by atoms with Crippen LogP contribution in [0.2, 0.25) is 0 Å². The van der Waals surface area contributed by atoms with Gasteiger partial charge in [0.05, 0.1) is 24.4 Å². The zero-order valence-electron chi connectivity index (χ0n) is 11.0. The Kier molecular flexibility index (Phi) is 2.59. The van der Waals surface area contributed by atoms with E-state index in [1.165, 1.54) is 5.56 Å². The van der Waals surface area contributed by atoms with E-state index in [0.717, 1.165) is 35.4 Å². The van der Waals surface area contributed by atoms with Crippen LogP contribution in [0.1, 0.15) is 18.0 Å². The second kappa shape index (κ2) is 4.56. The number of rotatable bonds is 2. The van der Waals surface area contributed by atoms with Gasteiger partial charge in [0.1, 0.15) is 5.75 Å². The Morgan fingerprint density at radius 3 is 3.10 bits per heavy atom. The molecule has 0 aliphatic carbocycles. The highest BCUT2D eigenvalue weighted by Crippen LogP contribution is 2.35. The third kappa shape index (κ3) is 1.81. The Labute approximate surface area is 116 Å². The van der Waals surface area contributed by atoms with Crippen LogP contribution in [-0.4, -0.2) is 16.8 Å². The van der Waals surface area contributed by atoms with Crippen LogP contribution in [0.4, 0.5) is 5.69 Å². The number of hydrogen-bond donors (Lipinski definition) is 2. The van der Waals surface area contributed by atoms with Gasteiger partial charge in [-0.2, -0.15) is 5.10 Å². The zero-order valence-corrected chi connectivity index (χ0v) is 11.0. The van der Waals surface area contributed by atoms with E-state index in [1.54, 1.807) is 0 Å². The first-order valence-corrected chi connectivity index (χ1v) is 6.82. The van der Waals surface area contributed by atoms with Crippen molar-refractivity contribution in [3.8, 4) is 5.75 Å². The standard InChI is InChI=1S/C16H15N3O/c1-2-7-16-11(4-1)14(8-9-20-16)18-13-5-3-6-15-12(13)10-17-19-15/h1-7,10,14,18H,8-9H2,(H,17,19). The highest BCUT2D eigenvalue weighted by Gasteiger charge is 2.21. The van der Waals surface area contributed by atoms with Gasteiger partial charge in [0.15, 0.2) is 0 Å². The van der Waals surface area contributed by atoms with E-state index in [9.17, 15) is 0 Å². The molecule has 2 N–H and O–H groups in total. The monoisotopic (exact) mass is 265 g/mol. The molecule has 0 fully saturated rings. The number of H-pyrrole nitrogens is 1. The molecule has 1 aromatic heterocycles. The number of nitrogens with zero attached hydrogens (tertiary/aromatic N) is 1. The molecule has 4 heteroatoms. The summed E-state index contributed by atoms with van der Waals surface area (Å²) < 4.78 is 5.71. The first-order valence-electron chi connectivity index (χ1n) is 6.82. The van der Waals surface area contributed by atoms with Gasteiger partial charge in [-0.25, -0.2) is 0 Å². The maximum atomic E-state index is 5.71. The molecule has 1 aliphatic heterocycles. The first kappa shape index (κ1) is 11.3. The number of aromatic amines is 1. The second-order valence-corrected chi connectivity index (χ2v) is 5.01. The Morgan fingerprint density at radius 2 is 2.10 bits per heavy atom. The Morgan fingerprint density at radius 1 is 1.15 bits per heavy atom. The normalized spacial score (nSPS) is 17.5. The minimum Gasteiger partial charge on any atom is -0.493 e. The maximum absolute atomic E-state index is 5.71. The van der Waals surface area contributed by atoms with Gasteiger partial charge in [-0.1, -0.05) is 24.3 Å². The lowest BCUT2D eigenvalue weighted by atomic mass is 10.00. The molecule has 1 unspecified atom stereocenters. The topological polar surface area (TPSA) is 49.9 Å². The molecule has 4 rings (SSSR count). The lowest BCUT2D eigenvalue weighted by Gasteiger charge is -2.27. The van der Waals surface area contributed by atoms with Crippen molar-refractivity contribution in [2.24, 2.45) is 0 Å². The summed E-state index contributed by atoms with van der Waals surface area (Å²) >= 11 is 0. The summed E-state index contributed by atoms with van der Waals surface area (Å²) in [6.07, 6.45) is 2.83. The molecule has 0 bridgehead atoms. The second-order valence-electron chi connectivity index (χ2n) is 5.01. The fourth-order valence-electron chi connectivity index (χ4n) is 2.77. The molecule has 0 spiro atoms. The summed E-state index contributed by atoms with van der Waals surface area (Å²) in [4.78, 5) is 0. The van der Waals surface area contributed by atoms with Gasteiger partial charge in [0.25, 0.3) is 0 Å². The minimum atomic E-state index is 0.278. The van der Waals surface area contributed by atoms with Gasteiger partial charge in [0.2, 0.25) is 0 Å². The SMILES string of the molecule is c1ccc2c(c1)OCCC2Nc1cccc2[nH]ncc12. The molecule has 3 aromatic rings. The van der Waals surface area contributed by atoms with E-state index in [2.05, 4.69) is 33.7 Å². The van der Waals surface area contributed by atoms with Crippen molar-refractivity contribution in [3.63, 3.8) is 0 Å². The summed E-state index contributed by atoms with van der Waals surface area (Å²) in [5, 5.41) is 11.9. The molecular formula is C16H15N3O. The molecule has 0 amide bonds. The van der Waals surface area contributed by atoms with Crippen LogP contribution in [0.3, 0.4) is 0 Å². The van der Waals surface area contributed by atoms with Crippen molar-refractivity contribution in [1.29, 1.82) is 0 Å². The largest absolute Gasteiger partial charge is 0.493 e. The molecule has 0 saturated heterocycles. The number of ether oxygens (including phenoxy) is 1. The van der Waals surface area contributed by atoms with Crippen molar-refractivity contribution < 1.29 is 4.74 Å². The molecule has 4 nitrogen and oxygen atoms in total. The summed E-state index contributed by atoms with van der Waals surface area (Å²) in [5.41, 5.74) is 3.38. The Bertz CT molecular complexity index is 750. The van der Waals surface area contributed by atoms with Crippen molar-refractivity contribution in [3.05, 3.63) is 54.2 Å². The van der Waals surface area contributed by atoms with Crippen molar-refractivity contribution in [2.75, 3.05) is 11.9 Å². The van der Waals surface area contributed by atoms with Crippen LogP contribution in [-0.2, 0) is 0 Å². The van der Waals surface area contributed by atoms with Gasteiger partial charge >= 0.3 is 0 Å². The van der Waals surface area contributed by atoms with Crippen LogP contribution in [0.5, 0.6) is 5.75 Å². The van der Waals surface area contributed by atoms with Crippen molar-refractivity contribution >= 4 is 16.6 Å². The van der Waals surface area contributed by atoms with Gasteiger partial charge in [-0.3, -0.25) is 5.10 Å². The summed E-state index contributed by atoms with van der Waals surface area (Å²) in [6.45, 7) is 0.746. The molecule has 2 heterocycles. The van der Waals surface area contributed by atoms with Crippen molar-refractivity contribution in [2.45, 2.75) is 12.5 Å². The minimum absolute atomic E-state index is 0.278. The molecule has 100 valence electrons. The van der Waals surface area contributed by atoms with E-state index in [4.69, 9.17) is 4.74 Å². The van der Waals surface area contributed by atoms with Gasteiger partial charge < -0.3 is 10.1 Å². The Hall–Kier alpha value is -2.49. The molecule has 0 saturated carbocycles. The summed E-state index contributed by atoms with van der Waals surface area (Å²) in [5.74, 6) is 0.982. The van der Waals surface area contributed by atoms with E-state index in [1.807, 2.05) is 30.5 Å². The van der Waals surface area contributed by atoms with Crippen LogP contribution in [0.25, 0.3) is 10.9 Å². The van der Waals surface area contributed by atoms with E-state index >= 15 is 0 Å². The summed E-state index contributed by atoms with van der Waals surface area (Å²) in [7, 11) is 0. The average molecular weight is 265 g/mol. The van der Waals surface area contributed by atoms with Gasteiger partial charge in [-0.15, -0.1) is 0 Å². The smallest absolute Gasteiger partial charge is 0.124 e. The molecule has 2 aromatic carbocycles. The number of para-hydroxylation sites is 1. The fraction of sp³-hybridized carbons (Fsp3) is 0.188. The molecule has 1 aliphatic rings. The van der Waals surface area contributed by atoms with Crippen LogP contribution < -0.4 is 10.1 Å². The van der Waals surface area contributed by atoms with Gasteiger partial charge in [-0.05, 0) is 18.2 Å². The highest BCUT2D eigenvalue weighted by atomic mass is 16.5. The zero-order chi connectivity index (χ0) is 13.4. The van der Waals surface area contributed by atoms with E-state index in [0.29, 0.717) is 0 Å². The lowest BCUT2D eigenvalue weighted by Crippen LogP contribution is -2.20. The number of nitrogens with one attached hydrogen (secondary N) is 2. The number of benzene rings is 2. The maximum Gasteiger partial charge on any atom is 0.124 e. The lowest BCUT2D eigenvalue weighted by molar-refractivity contribution is 0.274. The molecule has 1 atom stereocenters. The number of hydrogen-bond acceptors (Lipinski definition) is 3. The highest BCUT2D eigenvalue weighted by molar-refractivity contribution is 5.91. The molecule has 20 heavy (non-hydrogen) atoms. The molecule has 0 radical (unpaired) electrons. The van der Waals surface area contributed by atoms with Crippen molar-refractivity contribution in [1.82, 2.24) is 10.2 Å². The quantitative estimate of drug-likeness (QED) is 0.745. The number of fused-ring (bicyclic) bond motifs is 2. The predicted molar refractivity (Wildman–Crippen MR) is 79.0 cm³/mol. The van der Waals surface area contributed by atoms with Crippen LogP contribution in [0, 0.1) is 0 Å². The third-order valence-corrected chi connectivity index (χ3v) is 3.77. The predicted octanol–water partition coefficient (Wildman–Crippen LogP) is 3.50. The summed E-state index contributed by atoms with van der Waals surface area (Å²) in [6, 6.07) is 14.7. The third-order valence-electron chi connectivity index (χ3n) is 3.77. The fourth-order valence-corrected chi connectivity index (χ4v) is 2.77. The van der Waals surface area contributed by atoms with E-state index < -0.39 is 0 Å².